The van der Waals surface area contributed by atoms with Crippen LogP contribution in [-0.2, 0) is 16.0 Å². The second-order valence-corrected chi connectivity index (χ2v) is 6.68. The highest BCUT2D eigenvalue weighted by molar-refractivity contribution is 5.93. The number of hydrogen-bond acceptors (Lipinski definition) is 6. The molecule has 3 aromatic heterocycles. The molecule has 0 aliphatic carbocycles. The van der Waals surface area contributed by atoms with E-state index in [1.54, 1.807) is 16.8 Å². The van der Waals surface area contributed by atoms with Crippen molar-refractivity contribution in [3.8, 4) is 0 Å². The van der Waals surface area contributed by atoms with Crippen LogP contribution in [0.15, 0.2) is 29.2 Å². The van der Waals surface area contributed by atoms with E-state index in [9.17, 15) is 9.59 Å². The van der Waals surface area contributed by atoms with E-state index in [4.69, 9.17) is 14.9 Å². The lowest BCUT2D eigenvalue weighted by molar-refractivity contribution is 0.0595. The summed E-state index contributed by atoms with van der Waals surface area (Å²) in [5.41, 5.74) is 1.47. The minimum atomic E-state index is -0.656. The molecule has 140 valence electrons. The second-order valence-electron chi connectivity index (χ2n) is 6.68. The Labute approximate surface area is 154 Å². The van der Waals surface area contributed by atoms with E-state index >= 15 is 0 Å². The van der Waals surface area contributed by atoms with Crippen molar-refractivity contribution >= 4 is 22.6 Å². The summed E-state index contributed by atoms with van der Waals surface area (Å²) in [5, 5.41) is 8.79. The molecule has 1 atom stereocenters. The molecule has 3 aromatic rings. The van der Waals surface area contributed by atoms with Crippen LogP contribution in [0.1, 0.15) is 28.8 Å². The Kier molecular flexibility index (Phi) is 4.27. The maximum atomic E-state index is 13.1. The van der Waals surface area contributed by atoms with Crippen LogP contribution in [0.5, 0.6) is 0 Å². The summed E-state index contributed by atoms with van der Waals surface area (Å²) in [5.74, 6) is -0.656. The number of pyridine rings is 2. The summed E-state index contributed by atoms with van der Waals surface area (Å²) in [7, 11) is 1.26. The minimum absolute atomic E-state index is 0.0327. The summed E-state index contributed by atoms with van der Waals surface area (Å²) < 4.78 is 13.5. The third-order valence-corrected chi connectivity index (χ3v) is 4.95. The first kappa shape index (κ1) is 17.4. The van der Waals surface area contributed by atoms with Crippen LogP contribution in [0.3, 0.4) is 0 Å². The van der Waals surface area contributed by atoms with Gasteiger partial charge in [0.25, 0.3) is 5.56 Å². The Bertz CT molecular complexity index is 1170. The Hall–Kier alpha value is -3.00. The third kappa shape index (κ3) is 2.82. The first-order valence-corrected chi connectivity index (χ1v) is 8.81. The Morgan fingerprint density at radius 1 is 1.44 bits per heavy atom. The van der Waals surface area contributed by atoms with E-state index in [2.05, 4.69) is 4.98 Å². The number of ether oxygens (including phenoxy) is 2. The summed E-state index contributed by atoms with van der Waals surface area (Å²) in [6.07, 6.45) is 3.38. The molecule has 1 N–H and O–H groups in total. The van der Waals surface area contributed by atoms with E-state index in [1.165, 1.54) is 17.6 Å². The highest BCUT2D eigenvalue weighted by Gasteiger charge is 2.22. The van der Waals surface area contributed by atoms with Crippen LogP contribution in [-0.4, -0.2) is 39.7 Å². The van der Waals surface area contributed by atoms with Gasteiger partial charge >= 0.3 is 5.97 Å². The molecular weight excluding hydrogens is 348 g/mol. The number of carbonyl (C=O) groups excluding carboxylic acids is 1. The molecule has 4 heterocycles. The van der Waals surface area contributed by atoms with Crippen molar-refractivity contribution in [1.29, 1.82) is 5.41 Å². The molecule has 0 radical (unpaired) electrons. The number of nitrogens with zero attached hydrogens (tertiary/aromatic N) is 3. The van der Waals surface area contributed by atoms with Crippen LogP contribution in [0.4, 0.5) is 0 Å². The second kappa shape index (κ2) is 6.62. The molecule has 0 saturated carbocycles. The normalized spacial score (nSPS) is 16.9. The zero-order chi connectivity index (χ0) is 19.1. The van der Waals surface area contributed by atoms with Crippen LogP contribution < -0.4 is 11.0 Å². The van der Waals surface area contributed by atoms with E-state index in [0.717, 1.165) is 18.4 Å². The highest BCUT2D eigenvalue weighted by atomic mass is 16.5. The number of aromatic nitrogens is 3. The molecule has 0 bridgehead atoms. The van der Waals surface area contributed by atoms with Crippen molar-refractivity contribution in [3.05, 3.63) is 51.4 Å². The summed E-state index contributed by atoms with van der Waals surface area (Å²) in [6.45, 7) is 2.91. The number of methoxy groups -OCH3 is 1. The number of rotatable bonds is 3. The van der Waals surface area contributed by atoms with Gasteiger partial charge in [0.05, 0.1) is 25.1 Å². The van der Waals surface area contributed by atoms with Gasteiger partial charge in [-0.25, -0.2) is 9.78 Å². The zero-order valence-electron chi connectivity index (χ0n) is 15.2. The Balaban J connectivity index is 2.09. The number of fused-ring (bicyclic) bond motifs is 2. The maximum absolute atomic E-state index is 13.1. The van der Waals surface area contributed by atoms with Crippen molar-refractivity contribution in [1.82, 2.24) is 14.0 Å². The largest absolute Gasteiger partial charge is 0.465 e. The van der Waals surface area contributed by atoms with Crippen molar-refractivity contribution in [2.45, 2.75) is 32.4 Å². The number of aryl methyl sites for hydroxylation is 1. The van der Waals surface area contributed by atoms with Crippen LogP contribution in [0, 0.1) is 12.3 Å². The molecule has 0 spiro atoms. The molecule has 27 heavy (non-hydrogen) atoms. The van der Waals surface area contributed by atoms with Gasteiger partial charge in [0.2, 0.25) is 0 Å². The highest BCUT2D eigenvalue weighted by Crippen LogP contribution is 2.17. The zero-order valence-corrected chi connectivity index (χ0v) is 15.2. The Morgan fingerprint density at radius 3 is 2.96 bits per heavy atom. The van der Waals surface area contributed by atoms with Crippen molar-refractivity contribution < 1.29 is 14.3 Å². The van der Waals surface area contributed by atoms with Gasteiger partial charge in [-0.2, -0.15) is 0 Å². The molecule has 0 amide bonds. The van der Waals surface area contributed by atoms with E-state index in [0.29, 0.717) is 24.4 Å². The van der Waals surface area contributed by atoms with E-state index < -0.39 is 5.97 Å². The van der Waals surface area contributed by atoms with Gasteiger partial charge in [0.1, 0.15) is 22.3 Å². The van der Waals surface area contributed by atoms with Gasteiger partial charge in [-0.1, -0.05) is 6.07 Å². The molecule has 1 fully saturated rings. The van der Waals surface area contributed by atoms with E-state index in [-0.39, 0.29) is 28.1 Å². The molecule has 8 nitrogen and oxygen atoms in total. The SMILES string of the molecule is COC(=O)c1cc2c(=O)n3cccc(C)c3nc2n(C[C@H]2CCCO2)c1=N. The fourth-order valence-corrected chi connectivity index (χ4v) is 3.53. The fraction of sp³-hybridized carbons (Fsp3) is 0.368. The van der Waals surface area contributed by atoms with Crippen LogP contribution >= 0.6 is 0 Å². The van der Waals surface area contributed by atoms with Gasteiger partial charge in [0.15, 0.2) is 0 Å². The average molecular weight is 368 g/mol. The van der Waals surface area contributed by atoms with Gasteiger partial charge in [-0.05, 0) is 37.5 Å². The average Bonchev–Trinajstić information content (AvgIpc) is 3.18. The predicted octanol–water partition coefficient (Wildman–Crippen LogP) is 1.40. The van der Waals surface area contributed by atoms with Crippen LogP contribution in [0.25, 0.3) is 16.7 Å². The molecule has 0 aromatic carbocycles. The van der Waals surface area contributed by atoms with Crippen molar-refractivity contribution in [2.75, 3.05) is 13.7 Å². The fourth-order valence-electron chi connectivity index (χ4n) is 3.53. The van der Waals surface area contributed by atoms with Gasteiger partial charge in [0, 0.05) is 12.8 Å². The molecule has 1 saturated heterocycles. The molecular formula is C19H20N4O4. The third-order valence-electron chi connectivity index (χ3n) is 4.95. The van der Waals surface area contributed by atoms with Crippen molar-refractivity contribution in [2.24, 2.45) is 0 Å². The van der Waals surface area contributed by atoms with Crippen LogP contribution in [0.2, 0.25) is 0 Å². The van der Waals surface area contributed by atoms with Gasteiger partial charge in [-0.3, -0.25) is 14.6 Å². The molecule has 8 heteroatoms. The maximum Gasteiger partial charge on any atom is 0.341 e. The van der Waals surface area contributed by atoms with Gasteiger partial charge < -0.3 is 14.0 Å². The van der Waals surface area contributed by atoms with E-state index in [1.807, 2.05) is 13.0 Å². The number of hydrogen-bond donors (Lipinski definition) is 1. The number of nitrogens with one attached hydrogen (secondary N) is 1. The monoisotopic (exact) mass is 368 g/mol. The minimum Gasteiger partial charge on any atom is -0.465 e. The number of esters is 1. The first-order chi connectivity index (χ1) is 13.0. The molecule has 4 rings (SSSR count). The predicted molar refractivity (Wildman–Crippen MR) is 97.9 cm³/mol. The summed E-state index contributed by atoms with van der Waals surface area (Å²) >= 11 is 0. The Morgan fingerprint density at radius 2 is 2.26 bits per heavy atom. The molecule has 1 aliphatic rings. The first-order valence-electron chi connectivity index (χ1n) is 8.81. The summed E-state index contributed by atoms with van der Waals surface area (Å²) in [4.78, 5) is 29.9. The lowest BCUT2D eigenvalue weighted by Crippen LogP contribution is -2.33. The summed E-state index contributed by atoms with van der Waals surface area (Å²) in [6, 6.07) is 5.06. The standard InChI is InChI=1S/C19H20N4O4/c1-11-5-3-7-22-16(11)21-17-14(18(22)24)9-13(19(25)26-2)15(20)23(17)10-12-6-4-8-27-12/h3,5,7,9,12,20H,4,6,8,10H2,1-2H3/t12-/m1/s1. The smallest absolute Gasteiger partial charge is 0.341 e. The van der Waals surface area contributed by atoms with Gasteiger partial charge in [-0.15, -0.1) is 0 Å². The van der Waals surface area contributed by atoms with Crippen molar-refractivity contribution in [3.63, 3.8) is 0 Å². The lowest BCUT2D eigenvalue weighted by Gasteiger charge is -2.17. The quantitative estimate of drug-likeness (QED) is 0.557. The topological polar surface area (TPSA) is 98.7 Å². The molecule has 0 unspecified atom stereocenters. The molecule has 1 aliphatic heterocycles. The number of carbonyl (C=O) groups is 1. The lowest BCUT2D eigenvalue weighted by atomic mass is 10.2.